The van der Waals surface area contributed by atoms with Crippen molar-refractivity contribution in [3.8, 4) is 0 Å². The monoisotopic (exact) mass is 668 g/mol. The van der Waals surface area contributed by atoms with Crippen molar-refractivity contribution in [2.45, 2.75) is 42.0 Å². The summed E-state index contributed by atoms with van der Waals surface area (Å²) < 4.78 is 18.8. The van der Waals surface area contributed by atoms with E-state index in [9.17, 15) is 14.0 Å². The first-order valence-electron chi connectivity index (χ1n) is 15.1. The Labute approximate surface area is 276 Å². The highest BCUT2D eigenvalue weighted by Crippen LogP contribution is 2.54. The number of amides is 2. The second kappa shape index (κ2) is 13.7. The van der Waals surface area contributed by atoms with E-state index in [-0.39, 0.29) is 29.8 Å². The topological polar surface area (TPSA) is 77.7 Å². The van der Waals surface area contributed by atoms with Crippen LogP contribution in [-0.4, -0.2) is 70.7 Å². The number of H-pyrrole nitrogens is 1. The summed E-state index contributed by atoms with van der Waals surface area (Å²) in [7, 11) is 0. The molecule has 2 fully saturated rings. The van der Waals surface area contributed by atoms with E-state index in [0.717, 1.165) is 66.2 Å². The van der Waals surface area contributed by atoms with Crippen LogP contribution in [0.1, 0.15) is 35.6 Å². The predicted molar refractivity (Wildman–Crippen MR) is 177 cm³/mol. The van der Waals surface area contributed by atoms with Gasteiger partial charge in [-0.05, 0) is 61.9 Å². The molecule has 6 rings (SSSR count). The molecular weight excluding hydrogens is 634 g/mol. The molecule has 3 heterocycles. The van der Waals surface area contributed by atoms with Gasteiger partial charge in [0.2, 0.25) is 11.8 Å². The first-order chi connectivity index (χ1) is 21.7. The maximum absolute atomic E-state index is 14.6. The Bertz CT molecular complexity index is 1690. The highest BCUT2D eigenvalue weighted by atomic mass is 35.5. The number of rotatable bonds is 10. The van der Waals surface area contributed by atoms with E-state index in [4.69, 9.17) is 27.9 Å². The van der Waals surface area contributed by atoms with Gasteiger partial charge in [-0.1, -0.05) is 53.0 Å². The summed E-state index contributed by atoms with van der Waals surface area (Å²) in [5, 5.41) is 4.65. The van der Waals surface area contributed by atoms with E-state index in [2.05, 4.69) is 15.2 Å². The zero-order valence-electron chi connectivity index (χ0n) is 25.0. The number of aromatic nitrogens is 1. The first kappa shape index (κ1) is 31.9. The molecule has 2 N–H and O–H groups in total. The second-order valence-electron chi connectivity index (χ2n) is 11.7. The third-order valence-corrected chi connectivity index (χ3v) is 10.5. The number of hydrogen-bond acceptors (Lipinski definition) is 5. The molecule has 2 aliphatic heterocycles. The van der Waals surface area contributed by atoms with E-state index in [1.165, 1.54) is 23.9 Å². The Kier molecular flexibility index (Phi) is 9.73. The first-order valence-corrected chi connectivity index (χ1v) is 16.6. The van der Waals surface area contributed by atoms with Gasteiger partial charge in [0, 0.05) is 58.8 Å². The maximum Gasteiger partial charge on any atom is 0.239 e. The average Bonchev–Trinajstić information content (AvgIpc) is 3.56. The third kappa shape index (κ3) is 6.88. The summed E-state index contributed by atoms with van der Waals surface area (Å²) in [6, 6.07) is 17.4. The second-order valence-corrected chi connectivity index (χ2v) is 13.9. The Balaban J connectivity index is 1.40. The van der Waals surface area contributed by atoms with Gasteiger partial charge in [-0.15, -0.1) is 11.8 Å². The van der Waals surface area contributed by atoms with Crippen LogP contribution in [0.4, 0.5) is 4.39 Å². The molecule has 0 radical (unpaired) electrons. The fraction of sp³-hybridized carbons (Fsp3) is 0.353. The summed E-state index contributed by atoms with van der Waals surface area (Å²) >= 11 is 13.7. The van der Waals surface area contributed by atoms with Crippen LogP contribution < -0.4 is 5.32 Å². The number of ether oxygens (including phenoxy) is 1. The normalized spacial score (nSPS) is 20.7. The van der Waals surface area contributed by atoms with Gasteiger partial charge in [-0.3, -0.25) is 14.5 Å². The largest absolute Gasteiger partial charge is 0.379 e. The molecule has 0 bridgehead atoms. The van der Waals surface area contributed by atoms with Gasteiger partial charge in [0.1, 0.15) is 10.6 Å². The summed E-state index contributed by atoms with van der Waals surface area (Å²) in [4.78, 5) is 36.9. The standard InChI is InChI=1S/C34H35Cl2FN4O3S/c1-22-3-7-25(8-4-22)45-34(33(43)38-11-2-12-40-13-15-44-16-14-40)19-31(42)41(21-23-5-10-28(36)29(37)17-23)32(34)27-20-39-30-18-24(35)6-9-26(27)30/h3-10,17-18,20,32,39H,2,11-16,19,21H2,1H3,(H,38,43). The van der Waals surface area contributed by atoms with Crippen molar-refractivity contribution < 1.29 is 18.7 Å². The van der Waals surface area contributed by atoms with Crippen molar-refractivity contribution in [3.05, 3.63) is 99.4 Å². The van der Waals surface area contributed by atoms with Crippen LogP contribution in [0.2, 0.25) is 10.0 Å². The lowest BCUT2D eigenvalue weighted by Gasteiger charge is -2.36. The Hall–Kier alpha value is -3.08. The molecule has 7 nitrogen and oxygen atoms in total. The molecule has 3 aromatic carbocycles. The number of aromatic amines is 1. The number of halogens is 3. The number of carbonyl (C=O) groups is 2. The zero-order valence-corrected chi connectivity index (χ0v) is 27.3. The van der Waals surface area contributed by atoms with E-state index >= 15 is 0 Å². The highest BCUT2D eigenvalue weighted by Gasteiger charge is 2.58. The van der Waals surface area contributed by atoms with Crippen LogP contribution in [0.15, 0.2) is 71.8 Å². The average molecular weight is 670 g/mol. The van der Waals surface area contributed by atoms with E-state index in [1.807, 2.05) is 49.5 Å². The SMILES string of the molecule is Cc1ccc(SC2(C(=O)NCCCN3CCOCC3)CC(=O)N(Cc3ccc(Cl)c(F)c3)C2c2c[nH]c3cc(Cl)ccc23)cc1. The van der Waals surface area contributed by atoms with Crippen molar-refractivity contribution in [3.63, 3.8) is 0 Å². The lowest BCUT2D eigenvalue weighted by molar-refractivity contribution is -0.129. The van der Waals surface area contributed by atoms with Gasteiger partial charge in [-0.2, -0.15) is 0 Å². The molecule has 2 aliphatic rings. The fourth-order valence-corrected chi connectivity index (χ4v) is 7.95. The Morgan fingerprint density at radius 2 is 1.89 bits per heavy atom. The third-order valence-electron chi connectivity index (χ3n) is 8.54. The number of hydrogen-bond donors (Lipinski definition) is 2. The molecule has 1 aromatic heterocycles. The summed E-state index contributed by atoms with van der Waals surface area (Å²) in [6.07, 6.45) is 2.60. The lowest BCUT2D eigenvalue weighted by atomic mass is 9.91. The molecule has 0 aliphatic carbocycles. The molecule has 2 unspecified atom stereocenters. The van der Waals surface area contributed by atoms with Crippen LogP contribution in [0, 0.1) is 12.7 Å². The predicted octanol–water partition coefficient (Wildman–Crippen LogP) is 6.77. The highest BCUT2D eigenvalue weighted by molar-refractivity contribution is 8.01. The molecule has 2 saturated heterocycles. The number of thioether (sulfide) groups is 1. The number of fused-ring (bicyclic) bond motifs is 1. The molecule has 2 amide bonds. The minimum atomic E-state index is -1.22. The fourth-order valence-electron chi connectivity index (χ4n) is 6.24. The minimum Gasteiger partial charge on any atom is -0.379 e. The number of nitrogens with one attached hydrogen (secondary N) is 2. The summed E-state index contributed by atoms with van der Waals surface area (Å²) in [5.74, 6) is -0.958. The number of nitrogens with zero attached hydrogens (tertiary/aromatic N) is 2. The molecule has 4 aromatic rings. The molecule has 0 saturated carbocycles. The minimum absolute atomic E-state index is 0.0114. The number of benzene rings is 3. The van der Waals surface area contributed by atoms with Crippen molar-refractivity contribution in [2.24, 2.45) is 0 Å². The number of likely N-dealkylation sites (tertiary alicyclic amines) is 1. The maximum atomic E-state index is 14.6. The molecule has 2 atom stereocenters. The molecule has 45 heavy (non-hydrogen) atoms. The Morgan fingerprint density at radius 3 is 2.64 bits per heavy atom. The lowest BCUT2D eigenvalue weighted by Crippen LogP contribution is -2.48. The van der Waals surface area contributed by atoms with Crippen LogP contribution >= 0.6 is 35.0 Å². The summed E-state index contributed by atoms with van der Waals surface area (Å²) in [6.45, 7) is 6.63. The summed E-state index contributed by atoms with van der Waals surface area (Å²) in [5.41, 5.74) is 3.28. The number of aryl methyl sites for hydroxylation is 1. The van der Waals surface area contributed by atoms with Crippen molar-refractivity contribution in [1.29, 1.82) is 0 Å². The van der Waals surface area contributed by atoms with Crippen LogP contribution in [0.3, 0.4) is 0 Å². The van der Waals surface area contributed by atoms with Crippen LogP contribution in [-0.2, 0) is 20.9 Å². The van der Waals surface area contributed by atoms with Gasteiger partial charge in [0.25, 0.3) is 0 Å². The smallest absolute Gasteiger partial charge is 0.239 e. The van der Waals surface area contributed by atoms with Gasteiger partial charge in [0.05, 0.1) is 30.7 Å². The van der Waals surface area contributed by atoms with Gasteiger partial charge < -0.3 is 19.9 Å². The molecular formula is C34H35Cl2FN4O3S. The van der Waals surface area contributed by atoms with E-state index in [1.54, 1.807) is 17.0 Å². The van der Waals surface area contributed by atoms with Crippen LogP contribution in [0.25, 0.3) is 10.9 Å². The number of carbonyl (C=O) groups excluding carboxylic acids is 2. The van der Waals surface area contributed by atoms with Crippen molar-refractivity contribution in [2.75, 3.05) is 39.4 Å². The van der Waals surface area contributed by atoms with Crippen molar-refractivity contribution >= 4 is 57.7 Å². The van der Waals surface area contributed by atoms with Gasteiger partial charge in [-0.25, -0.2) is 4.39 Å². The van der Waals surface area contributed by atoms with E-state index in [0.29, 0.717) is 17.1 Å². The van der Waals surface area contributed by atoms with Gasteiger partial charge in [0.15, 0.2) is 0 Å². The van der Waals surface area contributed by atoms with Crippen molar-refractivity contribution in [1.82, 2.24) is 20.1 Å². The van der Waals surface area contributed by atoms with Gasteiger partial charge >= 0.3 is 0 Å². The quantitative estimate of drug-likeness (QED) is 0.183. The zero-order chi connectivity index (χ0) is 31.6. The number of morpholine rings is 1. The van der Waals surface area contributed by atoms with Crippen LogP contribution in [0.5, 0.6) is 0 Å². The molecule has 11 heteroatoms. The molecule has 0 spiro atoms. The van der Waals surface area contributed by atoms with E-state index < -0.39 is 16.6 Å². The molecule has 236 valence electrons. The Morgan fingerprint density at radius 1 is 1.11 bits per heavy atom.